The molecule has 24 heteroatoms. The van der Waals surface area contributed by atoms with Gasteiger partial charge in [-0.2, -0.15) is 0 Å². The highest BCUT2D eigenvalue weighted by Crippen LogP contribution is 2.29. The summed E-state index contributed by atoms with van der Waals surface area (Å²) in [5.41, 5.74) is 0.923. The molecular formula is C72H119N11O13. The van der Waals surface area contributed by atoms with Crippen LogP contribution in [0.5, 0.6) is 0 Å². The van der Waals surface area contributed by atoms with Crippen molar-refractivity contribution in [2.45, 2.75) is 235 Å². The number of aliphatic hydroxyl groups is 1. The fourth-order valence-corrected chi connectivity index (χ4v) is 12.8. The zero-order valence-electron chi connectivity index (χ0n) is 61.9. The number of fused-ring (bicyclic) bond motifs is 1. The minimum Gasteiger partial charge on any atom is -0.390 e. The van der Waals surface area contributed by atoms with E-state index < -0.39 is 167 Å². The Morgan fingerprint density at radius 1 is 0.510 bits per heavy atom. The fourth-order valence-electron chi connectivity index (χ4n) is 12.8. The summed E-state index contributed by atoms with van der Waals surface area (Å²) >= 11 is 0. The third-order valence-corrected chi connectivity index (χ3v) is 18.5. The highest BCUT2D eigenvalue weighted by molar-refractivity contribution is 6.00. The quantitative estimate of drug-likeness (QED) is 0.120. The minimum atomic E-state index is -1.65. The maximum Gasteiger partial charge on any atom is 0.246 e. The zero-order chi connectivity index (χ0) is 73.1. The van der Waals surface area contributed by atoms with E-state index in [4.69, 9.17) is 4.74 Å². The summed E-state index contributed by atoms with van der Waals surface area (Å²) < 4.78 is 6.35. The number of allylic oxidation sites excluding steroid dienone is 2. The molecule has 1 unspecified atom stereocenters. The van der Waals surface area contributed by atoms with Gasteiger partial charge in [0, 0.05) is 55.3 Å². The van der Waals surface area contributed by atoms with Crippen molar-refractivity contribution in [1.82, 2.24) is 55.6 Å². The Morgan fingerprint density at radius 3 is 1.50 bits per heavy atom. The lowest BCUT2D eigenvalue weighted by molar-refractivity contribution is -0.157. The summed E-state index contributed by atoms with van der Waals surface area (Å²) in [6.45, 7) is 29.7. The lowest BCUT2D eigenvalue weighted by Crippen LogP contribution is -2.64. The van der Waals surface area contributed by atoms with Gasteiger partial charge < -0.3 is 65.4 Å². The van der Waals surface area contributed by atoms with Crippen LogP contribution in [0.1, 0.15) is 162 Å². The van der Waals surface area contributed by atoms with Crippen molar-refractivity contribution in [1.29, 1.82) is 0 Å². The van der Waals surface area contributed by atoms with Crippen LogP contribution in [0.15, 0.2) is 48.6 Å². The number of nitrogens with one attached hydrogen (secondary N) is 4. The van der Waals surface area contributed by atoms with Crippen molar-refractivity contribution in [3.05, 3.63) is 54.1 Å². The van der Waals surface area contributed by atoms with Gasteiger partial charge in [0.1, 0.15) is 66.5 Å². The van der Waals surface area contributed by atoms with E-state index in [1.807, 2.05) is 90.1 Å². The molecule has 14 atom stereocenters. The topological polar surface area (TPSA) is 288 Å². The smallest absolute Gasteiger partial charge is 0.246 e. The summed E-state index contributed by atoms with van der Waals surface area (Å²) in [6, 6.07) is -4.40. The Kier molecular flexibility index (Phi) is 32.9. The molecular weight excluding hydrogens is 1230 g/mol. The van der Waals surface area contributed by atoms with E-state index in [0.29, 0.717) is 6.42 Å². The van der Waals surface area contributed by atoms with Crippen molar-refractivity contribution in [3.63, 3.8) is 0 Å². The molecule has 0 aliphatic carbocycles. The van der Waals surface area contributed by atoms with E-state index in [2.05, 4.69) is 21.3 Å². The summed E-state index contributed by atoms with van der Waals surface area (Å²) in [7, 11) is 8.60. The first kappa shape index (κ1) is 83.0. The first-order valence-corrected chi connectivity index (χ1v) is 34.5. The third kappa shape index (κ3) is 22.2. The number of benzene rings is 1. The van der Waals surface area contributed by atoms with Crippen molar-refractivity contribution in [3.8, 4) is 0 Å². The molecule has 11 amide bonds. The lowest BCUT2D eigenvalue weighted by atomic mass is 9.91. The van der Waals surface area contributed by atoms with Crippen molar-refractivity contribution < 1.29 is 62.6 Å². The SMILES string of the molecule is C/C=C/C[C@@H](C)[C@@H](O)[C@H]1C(=O)N[C@@H](CC)C(=O)N2CC(OC/C=C\c3ccccc3)C[C@@H]2C(=O)N(C)[C@@H](C(C)C)C(=O)N[C@@H](C(C)C)C(=O)N(C)[C@@H](CC(C)C)C(=O)N[C@@H](C)C(=O)N[C@H](C)C(=O)N(C)[C@@H](CC(C)C)C(=O)N(C)[C@@H](CC(C)C)C(=O)N(C)[C@@H](C(C)C)C(=O)N1C. The Balaban J connectivity index is 2.39. The van der Waals surface area contributed by atoms with E-state index in [0.717, 1.165) is 10.5 Å². The number of amides is 11. The molecule has 0 radical (unpaired) electrons. The third-order valence-electron chi connectivity index (χ3n) is 18.5. The zero-order valence-corrected chi connectivity index (χ0v) is 61.9. The number of carbonyl (C=O) groups excluding carboxylic acids is 11. The molecule has 0 aromatic heterocycles. The highest BCUT2D eigenvalue weighted by atomic mass is 16.5. The monoisotopic (exact) mass is 1350 g/mol. The van der Waals surface area contributed by atoms with Crippen LogP contribution < -0.4 is 21.3 Å². The van der Waals surface area contributed by atoms with Crippen LogP contribution in [0, 0.1) is 41.4 Å². The molecule has 0 bridgehead atoms. The van der Waals surface area contributed by atoms with Gasteiger partial charge in [0.05, 0.1) is 18.8 Å². The molecule has 2 saturated heterocycles. The van der Waals surface area contributed by atoms with Gasteiger partial charge in [-0.15, -0.1) is 0 Å². The van der Waals surface area contributed by atoms with E-state index in [1.165, 1.54) is 85.5 Å². The lowest BCUT2D eigenvalue weighted by Gasteiger charge is -2.41. The molecule has 2 heterocycles. The average molecular weight is 1350 g/mol. The van der Waals surface area contributed by atoms with Crippen molar-refractivity contribution in [2.75, 3.05) is 55.4 Å². The predicted molar refractivity (Wildman–Crippen MR) is 372 cm³/mol. The van der Waals surface area contributed by atoms with Gasteiger partial charge in [0.25, 0.3) is 0 Å². The molecule has 2 fully saturated rings. The molecule has 96 heavy (non-hydrogen) atoms. The highest BCUT2D eigenvalue weighted by Gasteiger charge is 2.49. The van der Waals surface area contributed by atoms with Crippen LogP contribution >= 0.6 is 0 Å². The standard InChI is InChI=1S/C72H119N11O13/c1-24-26-31-47(15)61(84)60-65(88)75-52(25-2)67(90)83-40-51(96-35-30-34-50-32-28-27-29-33-50)39-56(83)70(93)80(21)58(45(11)12)64(87)76-57(44(9)10)71(94)77(18)53(36-41(3)4)63(86)73-48(16)62(85)74-49(17)66(89)78(19)54(37-42(5)6)68(91)79(20)55(38-43(7)8)69(92)81(22)59(46(13)14)72(95)82(60)23/h24,26-30,32-34,41-49,51-61,84H,25,31,35-40H2,1-23H3,(H,73,86)(H,74,85)(H,75,88)(H,76,87)/b26-24+,34-30-/t47-,48+,49-,51?,52+,53+,54+,55+,56-,57+,58+,59+,60+,61-/m1/s1. The van der Waals surface area contributed by atoms with Gasteiger partial charge in [-0.1, -0.05) is 152 Å². The number of likely N-dealkylation sites (N-methyl/N-ethyl adjacent to an activating group) is 6. The van der Waals surface area contributed by atoms with Crippen LogP contribution in [-0.4, -0.2) is 238 Å². The van der Waals surface area contributed by atoms with Gasteiger partial charge in [0.2, 0.25) is 65.0 Å². The molecule has 2 aliphatic rings. The number of ether oxygens (including phenoxy) is 1. The largest absolute Gasteiger partial charge is 0.390 e. The predicted octanol–water partition coefficient (Wildman–Crippen LogP) is 5.12. The maximum atomic E-state index is 15.4. The molecule has 3 rings (SSSR count). The molecule has 0 saturated carbocycles. The van der Waals surface area contributed by atoms with Crippen LogP contribution in [0.25, 0.3) is 6.08 Å². The minimum absolute atomic E-state index is 0.0129. The Bertz CT molecular complexity index is 2860. The van der Waals surface area contributed by atoms with Crippen LogP contribution in [0.2, 0.25) is 0 Å². The van der Waals surface area contributed by atoms with Gasteiger partial charge in [0.15, 0.2) is 0 Å². The number of hydrogen-bond acceptors (Lipinski definition) is 13. The fraction of sp³-hybridized carbons (Fsp3) is 0.708. The summed E-state index contributed by atoms with van der Waals surface area (Å²) in [4.78, 5) is 173. The molecule has 1 aromatic carbocycles. The van der Waals surface area contributed by atoms with E-state index >= 15 is 28.8 Å². The van der Waals surface area contributed by atoms with Crippen LogP contribution in [0.3, 0.4) is 0 Å². The Labute approximate surface area is 572 Å². The van der Waals surface area contributed by atoms with E-state index in [1.54, 1.807) is 68.4 Å². The summed E-state index contributed by atoms with van der Waals surface area (Å²) in [6.07, 6.45) is 5.72. The van der Waals surface area contributed by atoms with Gasteiger partial charge in [-0.3, -0.25) is 52.7 Å². The molecule has 540 valence electrons. The summed E-state index contributed by atoms with van der Waals surface area (Å²) in [5, 5.41) is 23.5. The first-order valence-electron chi connectivity index (χ1n) is 34.5. The Hall–Kier alpha value is -7.21. The normalized spacial score (nSPS) is 27.4. The van der Waals surface area contributed by atoms with Crippen LogP contribution in [-0.2, 0) is 57.5 Å². The second-order valence-electron chi connectivity index (χ2n) is 28.9. The molecule has 1 aromatic rings. The number of aliphatic hydroxyl groups excluding tert-OH is 1. The van der Waals surface area contributed by atoms with E-state index in [9.17, 15) is 29.1 Å². The molecule has 5 N–H and O–H groups in total. The van der Waals surface area contributed by atoms with Gasteiger partial charge in [-0.25, -0.2) is 0 Å². The number of nitrogens with zero attached hydrogens (tertiary/aromatic N) is 7. The molecule has 0 spiro atoms. The molecule has 2 aliphatic heterocycles. The number of rotatable bonds is 18. The molecule has 24 nitrogen and oxygen atoms in total. The summed E-state index contributed by atoms with van der Waals surface area (Å²) in [5.74, 6) is -10.4. The second-order valence-corrected chi connectivity index (χ2v) is 28.9. The second kappa shape index (κ2) is 38.1. The van der Waals surface area contributed by atoms with Crippen molar-refractivity contribution in [2.24, 2.45) is 41.4 Å². The van der Waals surface area contributed by atoms with Crippen molar-refractivity contribution >= 4 is 71.1 Å². The number of carbonyl (C=O) groups is 11. The van der Waals surface area contributed by atoms with Gasteiger partial charge in [-0.05, 0) is 99.9 Å². The van der Waals surface area contributed by atoms with E-state index in [-0.39, 0.29) is 63.0 Å². The van der Waals surface area contributed by atoms with Gasteiger partial charge >= 0.3 is 0 Å². The Morgan fingerprint density at radius 2 is 0.990 bits per heavy atom. The number of hydrogen-bond donors (Lipinski definition) is 5. The maximum absolute atomic E-state index is 15.4. The van der Waals surface area contributed by atoms with Crippen LogP contribution in [0.4, 0.5) is 0 Å². The first-order chi connectivity index (χ1) is 44.8. The average Bonchev–Trinajstić information content (AvgIpc) is 1.33.